The van der Waals surface area contributed by atoms with Gasteiger partial charge in [0.2, 0.25) is 5.95 Å². The summed E-state index contributed by atoms with van der Waals surface area (Å²) in [5.41, 5.74) is 7.21. The van der Waals surface area contributed by atoms with E-state index in [0.717, 1.165) is 50.6 Å². The lowest BCUT2D eigenvalue weighted by atomic mass is 10.2. The average molecular weight is 395 g/mol. The minimum absolute atomic E-state index is 0.186. The molecule has 148 valence electrons. The number of hydrogen-bond acceptors (Lipinski definition) is 7. The number of halogens is 1. The number of aliphatic hydroxyl groups excluding tert-OH is 1. The summed E-state index contributed by atoms with van der Waals surface area (Å²) in [5.74, 6) is 1.26. The molecular weight excluding hydrogens is 368 g/mol. The average Bonchev–Trinajstić information content (AvgIpc) is 3.08. The standard InChI is InChI=1S/C13H17ClN6.C5H10O2/c1-8(2)19-3-4-20-10(6-16-11(20)7-19)12-9(14)5-17-13(15)18-12;6-5-2-1-3-7-4-5/h5-6,8H,3-4,7H2,1-2H3,(H2,15,17,18);5-6H,1-4H2. The molecule has 0 bridgehead atoms. The van der Waals surface area contributed by atoms with Crippen molar-refractivity contribution in [2.45, 2.75) is 51.9 Å². The van der Waals surface area contributed by atoms with Crippen molar-refractivity contribution in [2.75, 3.05) is 25.5 Å². The highest BCUT2D eigenvalue weighted by Crippen LogP contribution is 2.28. The number of imidazole rings is 1. The molecule has 3 N–H and O–H groups in total. The monoisotopic (exact) mass is 394 g/mol. The first-order valence-corrected chi connectivity index (χ1v) is 9.66. The third-order valence-electron chi connectivity index (χ3n) is 4.77. The van der Waals surface area contributed by atoms with Crippen LogP contribution in [0.3, 0.4) is 0 Å². The molecule has 0 radical (unpaired) electrons. The molecule has 0 saturated carbocycles. The maximum Gasteiger partial charge on any atom is 0.220 e. The van der Waals surface area contributed by atoms with Gasteiger partial charge in [0.05, 0.1) is 42.4 Å². The molecule has 2 aliphatic rings. The number of fused-ring (bicyclic) bond motifs is 1. The summed E-state index contributed by atoms with van der Waals surface area (Å²) in [6.45, 7) is 8.48. The Morgan fingerprint density at radius 1 is 1.30 bits per heavy atom. The highest BCUT2D eigenvalue weighted by molar-refractivity contribution is 6.32. The number of ether oxygens (including phenoxy) is 1. The zero-order chi connectivity index (χ0) is 19.4. The lowest BCUT2D eigenvalue weighted by molar-refractivity contribution is -0.00535. The fraction of sp³-hybridized carbons (Fsp3) is 0.611. The van der Waals surface area contributed by atoms with Gasteiger partial charge in [-0.15, -0.1) is 0 Å². The highest BCUT2D eigenvalue weighted by Gasteiger charge is 2.23. The van der Waals surface area contributed by atoms with Crippen molar-refractivity contribution in [3.05, 3.63) is 23.2 Å². The largest absolute Gasteiger partial charge is 0.391 e. The molecule has 27 heavy (non-hydrogen) atoms. The number of nitrogen functional groups attached to an aromatic ring is 1. The third-order valence-corrected chi connectivity index (χ3v) is 5.04. The molecule has 8 nitrogen and oxygen atoms in total. The van der Waals surface area contributed by atoms with Crippen LogP contribution in [0.15, 0.2) is 12.4 Å². The summed E-state index contributed by atoms with van der Waals surface area (Å²) in [6, 6.07) is 0.516. The second-order valence-corrected chi connectivity index (χ2v) is 7.48. The Hall–Kier alpha value is -1.74. The normalized spacial score (nSPS) is 20.1. The van der Waals surface area contributed by atoms with Crippen LogP contribution >= 0.6 is 11.6 Å². The fourth-order valence-electron chi connectivity index (χ4n) is 3.19. The van der Waals surface area contributed by atoms with Crippen LogP contribution in [0.2, 0.25) is 5.02 Å². The maximum atomic E-state index is 8.78. The Balaban J connectivity index is 0.000000253. The molecule has 0 aliphatic carbocycles. The van der Waals surface area contributed by atoms with Gasteiger partial charge in [0.25, 0.3) is 0 Å². The van der Waals surface area contributed by atoms with Gasteiger partial charge in [-0.2, -0.15) is 0 Å². The minimum atomic E-state index is -0.186. The van der Waals surface area contributed by atoms with Crippen molar-refractivity contribution in [1.82, 2.24) is 24.4 Å². The summed E-state index contributed by atoms with van der Waals surface area (Å²) < 4.78 is 7.09. The Labute approximate surface area is 164 Å². The smallest absolute Gasteiger partial charge is 0.220 e. The molecule has 2 aromatic rings. The van der Waals surface area contributed by atoms with Gasteiger partial charge in [0.1, 0.15) is 11.5 Å². The molecule has 9 heteroatoms. The highest BCUT2D eigenvalue weighted by atomic mass is 35.5. The molecule has 2 aliphatic heterocycles. The number of aliphatic hydroxyl groups is 1. The van der Waals surface area contributed by atoms with Crippen LogP contribution in [-0.2, 0) is 17.8 Å². The molecule has 0 spiro atoms. The molecule has 1 atom stereocenters. The van der Waals surface area contributed by atoms with Crippen LogP contribution in [0.4, 0.5) is 5.95 Å². The van der Waals surface area contributed by atoms with E-state index in [9.17, 15) is 0 Å². The van der Waals surface area contributed by atoms with E-state index in [1.165, 1.54) is 6.20 Å². The molecule has 4 heterocycles. The number of rotatable bonds is 2. The second kappa shape index (κ2) is 8.97. The van der Waals surface area contributed by atoms with E-state index in [-0.39, 0.29) is 12.1 Å². The van der Waals surface area contributed by atoms with Crippen molar-refractivity contribution < 1.29 is 9.84 Å². The number of hydrogen-bond donors (Lipinski definition) is 2. The Bertz CT molecular complexity index is 760. The van der Waals surface area contributed by atoms with E-state index in [2.05, 4.69) is 38.3 Å². The summed E-state index contributed by atoms with van der Waals surface area (Å²) in [5, 5.41) is 9.28. The number of nitrogens with zero attached hydrogens (tertiary/aromatic N) is 5. The van der Waals surface area contributed by atoms with Gasteiger partial charge in [-0.3, -0.25) is 4.90 Å². The molecule has 2 aromatic heterocycles. The van der Waals surface area contributed by atoms with Crippen molar-refractivity contribution in [3.63, 3.8) is 0 Å². The Morgan fingerprint density at radius 2 is 2.11 bits per heavy atom. The summed E-state index contributed by atoms with van der Waals surface area (Å²) in [4.78, 5) is 15.0. The quantitative estimate of drug-likeness (QED) is 0.802. The lowest BCUT2D eigenvalue weighted by Gasteiger charge is -2.31. The lowest BCUT2D eigenvalue weighted by Crippen LogP contribution is -2.38. The van der Waals surface area contributed by atoms with Gasteiger partial charge in [-0.25, -0.2) is 15.0 Å². The van der Waals surface area contributed by atoms with E-state index in [1.54, 1.807) is 0 Å². The fourth-order valence-corrected chi connectivity index (χ4v) is 3.38. The van der Waals surface area contributed by atoms with Crippen molar-refractivity contribution in [3.8, 4) is 11.4 Å². The summed E-state index contributed by atoms with van der Waals surface area (Å²) in [6.07, 6.45) is 5.09. The zero-order valence-electron chi connectivity index (χ0n) is 15.8. The topological polar surface area (TPSA) is 102 Å². The summed E-state index contributed by atoms with van der Waals surface area (Å²) >= 11 is 6.18. The molecule has 0 amide bonds. The van der Waals surface area contributed by atoms with Crippen LogP contribution in [-0.4, -0.2) is 61.4 Å². The van der Waals surface area contributed by atoms with Gasteiger partial charge in [0.15, 0.2) is 0 Å². The van der Waals surface area contributed by atoms with E-state index in [4.69, 9.17) is 27.2 Å². The van der Waals surface area contributed by atoms with Gasteiger partial charge >= 0.3 is 0 Å². The Morgan fingerprint density at radius 3 is 2.74 bits per heavy atom. The first-order chi connectivity index (χ1) is 13.0. The van der Waals surface area contributed by atoms with E-state index in [1.807, 2.05) is 6.20 Å². The molecule has 0 aromatic carbocycles. The Kier molecular flexibility index (Phi) is 6.64. The van der Waals surface area contributed by atoms with E-state index < -0.39 is 0 Å². The zero-order valence-corrected chi connectivity index (χ0v) is 16.6. The SMILES string of the molecule is CC(C)N1CCn2c(-c3nc(N)ncc3Cl)cnc2C1.OC1CCCOC1. The van der Waals surface area contributed by atoms with Crippen molar-refractivity contribution >= 4 is 17.5 Å². The minimum Gasteiger partial charge on any atom is -0.391 e. The van der Waals surface area contributed by atoms with Gasteiger partial charge in [-0.1, -0.05) is 11.6 Å². The molecule has 1 fully saturated rings. The maximum absolute atomic E-state index is 8.78. The molecular formula is C18H27ClN6O2. The first kappa shape index (κ1) is 20.0. The van der Waals surface area contributed by atoms with Crippen LogP contribution in [0, 0.1) is 0 Å². The van der Waals surface area contributed by atoms with Crippen molar-refractivity contribution in [1.29, 1.82) is 0 Å². The van der Waals surface area contributed by atoms with Crippen LogP contribution < -0.4 is 5.73 Å². The van der Waals surface area contributed by atoms with E-state index in [0.29, 0.717) is 23.4 Å². The van der Waals surface area contributed by atoms with Crippen molar-refractivity contribution in [2.24, 2.45) is 0 Å². The van der Waals surface area contributed by atoms with Crippen LogP contribution in [0.25, 0.3) is 11.4 Å². The second-order valence-electron chi connectivity index (χ2n) is 7.07. The van der Waals surface area contributed by atoms with Gasteiger partial charge < -0.3 is 20.1 Å². The molecule has 1 saturated heterocycles. The van der Waals surface area contributed by atoms with Gasteiger partial charge in [-0.05, 0) is 26.7 Å². The molecule has 1 unspecified atom stereocenters. The van der Waals surface area contributed by atoms with Gasteiger partial charge in [0, 0.05) is 25.7 Å². The summed E-state index contributed by atoms with van der Waals surface area (Å²) in [7, 11) is 0. The molecule has 4 rings (SSSR count). The number of aromatic nitrogens is 4. The predicted molar refractivity (Wildman–Crippen MR) is 104 cm³/mol. The van der Waals surface area contributed by atoms with Crippen LogP contribution in [0.5, 0.6) is 0 Å². The third kappa shape index (κ3) is 4.95. The predicted octanol–water partition coefficient (Wildman–Crippen LogP) is 1.96. The van der Waals surface area contributed by atoms with Crippen LogP contribution in [0.1, 0.15) is 32.5 Å². The number of anilines is 1. The first-order valence-electron chi connectivity index (χ1n) is 9.28. The number of nitrogens with two attached hydrogens (primary N) is 1. The van der Waals surface area contributed by atoms with E-state index >= 15 is 0 Å².